The van der Waals surface area contributed by atoms with Gasteiger partial charge in [-0.3, -0.25) is 13.9 Å². The molecular weight excluding hydrogens is 494 g/mol. The molecule has 192 valence electrons. The average molecular weight is 522 g/mol. The molecule has 0 aliphatic carbocycles. The molecule has 0 amide bonds. The number of carboxylic acid groups (broad SMARTS) is 1. The fraction of sp³-hybridized carbons (Fsp3) is 0.333. The van der Waals surface area contributed by atoms with Crippen LogP contribution in [0.4, 0.5) is 5.95 Å². The Morgan fingerprint density at radius 2 is 1.92 bits per heavy atom. The van der Waals surface area contributed by atoms with Crippen LogP contribution in [0, 0.1) is 5.92 Å². The smallest absolute Gasteiger partial charge is 0.335 e. The third kappa shape index (κ3) is 4.91. The number of benzene rings is 2. The summed E-state index contributed by atoms with van der Waals surface area (Å²) in [4.78, 5) is 36.5. The monoisotopic (exact) mass is 521 g/mol. The Morgan fingerprint density at radius 3 is 2.62 bits per heavy atom. The molecule has 9 nitrogen and oxygen atoms in total. The number of aromatic nitrogens is 4. The molecule has 0 unspecified atom stereocenters. The Morgan fingerprint density at radius 1 is 1.16 bits per heavy atom. The number of nitrogens with zero attached hydrogens (tertiary/aromatic N) is 5. The number of fused-ring (bicyclic) bond motifs is 1. The second kappa shape index (κ2) is 10.3. The summed E-state index contributed by atoms with van der Waals surface area (Å²) in [5.41, 5.74) is 1.40. The Labute approximate surface area is 218 Å². The summed E-state index contributed by atoms with van der Waals surface area (Å²) in [6.45, 7) is 4.29. The number of imidazole rings is 1. The molecular formula is C27H28ClN5O4. The topological polar surface area (TPSA) is 102 Å². The molecule has 2 aromatic heterocycles. The van der Waals surface area contributed by atoms with Gasteiger partial charge in [0.25, 0.3) is 5.56 Å². The molecule has 10 heteroatoms. The highest BCUT2D eigenvalue weighted by molar-refractivity contribution is 6.31. The number of halogens is 1. The van der Waals surface area contributed by atoms with E-state index in [-0.39, 0.29) is 17.1 Å². The first-order valence-corrected chi connectivity index (χ1v) is 12.7. The molecule has 1 atom stereocenters. The van der Waals surface area contributed by atoms with E-state index in [0.29, 0.717) is 40.3 Å². The summed E-state index contributed by atoms with van der Waals surface area (Å²) in [6.07, 6.45) is 3.32. The van der Waals surface area contributed by atoms with Gasteiger partial charge < -0.3 is 14.7 Å². The zero-order valence-corrected chi connectivity index (χ0v) is 21.5. The first kappa shape index (κ1) is 24.8. The number of rotatable bonds is 7. The van der Waals surface area contributed by atoms with E-state index in [1.807, 2.05) is 28.8 Å². The van der Waals surface area contributed by atoms with Crippen LogP contribution < -0.4 is 15.2 Å². The largest absolute Gasteiger partial charge is 0.478 e. The zero-order chi connectivity index (χ0) is 26.1. The van der Waals surface area contributed by atoms with Crippen molar-refractivity contribution < 1.29 is 14.6 Å². The van der Waals surface area contributed by atoms with Crippen LogP contribution in [0.15, 0.2) is 53.3 Å². The first-order valence-electron chi connectivity index (χ1n) is 12.3. The van der Waals surface area contributed by atoms with Gasteiger partial charge in [-0.2, -0.15) is 9.97 Å². The fourth-order valence-electron chi connectivity index (χ4n) is 4.76. The molecule has 0 radical (unpaired) electrons. The molecule has 37 heavy (non-hydrogen) atoms. The number of ether oxygens (including phenoxy) is 1. The minimum absolute atomic E-state index is 0.0691. The Bertz CT molecular complexity index is 1510. The van der Waals surface area contributed by atoms with E-state index >= 15 is 0 Å². The van der Waals surface area contributed by atoms with Crippen LogP contribution in [0.3, 0.4) is 0 Å². The van der Waals surface area contributed by atoms with Crippen LogP contribution in [-0.4, -0.2) is 43.3 Å². The maximum atomic E-state index is 13.6. The minimum atomic E-state index is -1.03. The molecule has 0 spiro atoms. The molecule has 1 aliphatic heterocycles. The summed E-state index contributed by atoms with van der Waals surface area (Å²) >= 11 is 6.49. The van der Waals surface area contributed by atoms with Crippen molar-refractivity contribution in [3.05, 3.63) is 75.0 Å². The standard InChI is InChI=1S/C27H28ClN5O4/c1-3-17-7-6-14-32(15-17)26-29-23-22(33(26)16-19-8-4-5-9-21(19)28)24(34)31(2)27(30-23)37-20-12-10-18(11-13-20)25(35)36/h4-5,8-13,17H,3,6-7,14-16H2,1-2H3,(H,35,36)/t17-/m1/s1. The summed E-state index contributed by atoms with van der Waals surface area (Å²) in [7, 11) is 1.59. The first-order chi connectivity index (χ1) is 17.9. The van der Waals surface area contributed by atoms with Crippen molar-refractivity contribution in [2.24, 2.45) is 13.0 Å². The van der Waals surface area contributed by atoms with Crippen molar-refractivity contribution in [1.29, 1.82) is 0 Å². The number of piperidine rings is 1. The van der Waals surface area contributed by atoms with Gasteiger partial charge in [0.15, 0.2) is 11.2 Å². The van der Waals surface area contributed by atoms with Crippen LogP contribution in [0.2, 0.25) is 5.02 Å². The molecule has 0 bridgehead atoms. The number of carbonyl (C=O) groups is 1. The summed E-state index contributed by atoms with van der Waals surface area (Å²) in [5.74, 6) is 0.592. The summed E-state index contributed by atoms with van der Waals surface area (Å²) in [6, 6.07) is 13.6. The van der Waals surface area contributed by atoms with Crippen LogP contribution in [0.25, 0.3) is 11.2 Å². The van der Waals surface area contributed by atoms with Crippen LogP contribution in [0.1, 0.15) is 42.1 Å². The van der Waals surface area contributed by atoms with E-state index in [1.165, 1.54) is 35.3 Å². The lowest BCUT2D eigenvalue weighted by Gasteiger charge is -2.33. The number of aromatic carboxylic acids is 1. The summed E-state index contributed by atoms with van der Waals surface area (Å²) < 4.78 is 9.13. The van der Waals surface area contributed by atoms with E-state index in [9.17, 15) is 9.59 Å². The molecule has 1 aliphatic rings. The SMILES string of the molecule is CC[C@@H]1CCCN(c2nc3nc(Oc4ccc(C(=O)O)cc4)n(C)c(=O)c3n2Cc2ccccc2Cl)C1. The predicted molar refractivity (Wildman–Crippen MR) is 142 cm³/mol. The van der Waals surface area contributed by atoms with Gasteiger partial charge in [-0.15, -0.1) is 0 Å². The van der Waals surface area contributed by atoms with Crippen molar-refractivity contribution in [3.63, 3.8) is 0 Å². The predicted octanol–water partition coefficient (Wildman–Crippen LogP) is 4.95. The highest BCUT2D eigenvalue weighted by atomic mass is 35.5. The number of carboxylic acids is 1. The van der Waals surface area contributed by atoms with Gasteiger partial charge in [0, 0.05) is 25.2 Å². The third-order valence-electron chi connectivity index (χ3n) is 6.90. The van der Waals surface area contributed by atoms with Gasteiger partial charge in [0.05, 0.1) is 12.1 Å². The fourth-order valence-corrected chi connectivity index (χ4v) is 4.95. The number of hydrogen-bond donors (Lipinski definition) is 1. The Hall–Kier alpha value is -3.85. The summed E-state index contributed by atoms with van der Waals surface area (Å²) in [5, 5.41) is 9.75. The molecule has 0 saturated carbocycles. The second-order valence-corrected chi connectivity index (χ2v) is 9.72. The van der Waals surface area contributed by atoms with Gasteiger partial charge in [0.1, 0.15) is 5.75 Å². The zero-order valence-electron chi connectivity index (χ0n) is 20.7. The molecule has 1 fully saturated rings. The maximum absolute atomic E-state index is 13.6. The highest BCUT2D eigenvalue weighted by Gasteiger charge is 2.27. The lowest BCUT2D eigenvalue weighted by molar-refractivity contribution is 0.0697. The van der Waals surface area contributed by atoms with Gasteiger partial charge >= 0.3 is 12.0 Å². The van der Waals surface area contributed by atoms with Crippen LogP contribution in [-0.2, 0) is 13.6 Å². The van der Waals surface area contributed by atoms with Crippen molar-refractivity contribution in [2.45, 2.75) is 32.7 Å². The van der Waals surface area contributed by atoms with E-state index in [2.05, 4.69) is 16.8 Å². The van der Waals surface area contributed by atoms with Gasteiger partial charge in [0.2, 0.25) is 5.95 Å². The normalized spacial score (nSPS) is 15.8. The number of hydrogen-bond acceptors (Lipinski definition) is 6. The van der Waals surface area contributed by atoms with E-state index in [0.717, 1.165) is 31.5 Å². The van der Waals surface area contributed by atoms with Crippen molar-refractivity contribution in [2.75, 3.05) is 18.0 Å². The van der Waals surface area contributed by atoms with Gasteiger partial charge in [-0.1, -0.05) is 43.1 Å². The Kier molecular flexibility index (Phi) is 6.88. The minimum Gasteiger partial charge on any atom is -0.478 e. The lowest BCUT2D eigenvalue weighted by Crippen LogP contribution is -2.37. The molecule has 4 aromatic rings. The van der Waals surface area contributed by atoms with Crippen molar-refractivity contribution in [1.82, 2.24) is 19.1 Å². The van der Waals surface area contributed by atoms with Gasteiger partial charge in [-0.05, 0) is 54.7 Å². The van der Waals surface area contributed by atoms with Crippen molar-refractivity contribution in [3.8, 4) is 11.8 Å². The Balaban J connectivity index is 1.61. The van der Waals surface area contributed by atoms with E-state index < -0.39 is 5.97 Å². The van der Waals surface area contributed by atoms with Crippen molar-refractivity contribution >= 4 is 34.7 Å². The van der Waals surface area contributed by atoms with E-state index in [4.69, 9.17) is 26.4 Å². The number of anilines is 1. The molecule has 1 N–H and O–H groups in total. The molecule has 5 rings (SSSR count). The maximum Gasteiger partial charge on any atom is 0.335 e. The third-order valence-corrected chi connectivity index (χ3v) is 7.27. The molecule has 1 saturated heterocycles. The lowest BCUT2D eigenvalue weighted by atomic mass is 9.96. The highest BCUT2D eigenvalue weighted by Crippen LogP contribution is 2.29. The average Bonchev–Trinajstić information content (AvgIpc) is 3.26. The quantitative estimate of drug-likeness (QED) is 0.367. The van der Waals surface area contributed by atoms with Gasteiger partial charge in [-0.25, -0.2) is 4.79 Å². The van der Waals surface area contributed by atoms with Crippen LogP contribution in [0.5, 0.6) is 11.8 Å². The molecule has 2 aromatic carbocycles. The second-order valence-electron chi connectivity index (χ2n) is 9.31. The van der Waals surface area contributed by atoms with E-state index in [1.54, 1.807) is 7.05 Å². The van der Waals surface area contributed by atoms with Crippen LogP contribution >= 0.6 is 11.6 Å². The molecule has 3 heterocycles.